The Hall–Kier alpha value is -1.32. The molecule has 0 radical (unpaired) electrons. The van der Waals surface area contributed by atoms with Crippen molar-refractivity contribution in [1.82, 2.24) is 14.5 Å². The van der Waals surface area contributed by atoms with Gasteiger partial charge in [0.2, 0.25) is 0 Å². The number of hydrogen-bond donors (Lipinski definition) is 0. The van der Waals surface area contributed by atoms with Crippen molar-refractivity contribution in [1.29, 1.82) is 0 Å². The number of benzene rings is 1. The number of nitrogens with zero attached hydrogens (tertiary/aromatic N) is 3. The molecule has 1 aromatic carbocycles. The summed E-state index contributed by atoms with van der Waals surface area (Å²) in [6, 6.07) is 6.29. The number of aryl methyl sites for hydroxylation is 1. The molecule has 0 saturated heterocycles. The normalized spacial score (nSPS) is 13.0. The molecule has 3 nitrogen and oxygen atoms in total. The Morgan fingerprint density at radius 1 is 1.26 bits per heavy atom. The van der Waals surface area contributed by atoms with Crippen LogP contribution in [0.5, 0.6) is 0 Å². The standard InChI is InChI=1S/C18H21Cl2N3/c1-3-12(2)13-7-6-8-14-15(13)17-16(18(20)22-14)21-11-23(17)10-5-4-9-19/h6-8,11-12H,3-5,9-10H2,1-2H3. The summed E-state index contributed by atoms with van der Waals surface area (Å²) in [4.78, 5) is 9.07. The van der Waals surface area contributed by atoms with Crippen LogP contribution in [0.2, 0.25) is 5.15 Å². The maximum atomic E-state index is 6.37. The first kappa shape index (κ1) is 16.5. The quantitative estimate of drug-likeness (QED) is 0.321. The van der Waals surface area contributed by atoms with Gasteiger partial charge in [-0.2, -0.15) is 0 Å². The van der Waals surface area contributed by atoms with Crippen LogP contribution in [0.1, 0.15) is 44.6 Å². The lowest BCUT2D eigenvalue weighted by molar-refractivity contribution is 0.648. The molecule has 0 amide bonds. The van der Waals surface area contributed by atoms with Gasteiger partial charge in [-0.05, 0) is 36.8 Å². The average molecular weight is 350 g/mol. The van der Waals surface area contributed by atoms with E-state index in [4.69, 9.17) is 23.2 Å². The summed E-state index contributed by atoms with van der Waals surface area (Å²) in [5.41, 5.74) is 4.16. The van der Waals surface area contributed by atoms with Gasteiger partial charge in [-0.15, -0.1) is 11.6 Å². The number of pyridine rings is 1. The first-order valence-corrected chi connectivity index (χ1v) is 9.07. The fourth-order valence-corrected chi connectivity index (χ4v) is 3.46. The molecule has 1 atom stereocenters. The van der Waals surface area contributed by atoms with Crippen LogP contribution in [0.3, 0.4) is 0 Å². The van der Waals surface area contributed by atoms with Crippen molar-refractivity contribution in [3.05, 3.63) is 35.2 Å². The van der Waals surface area contributed by atoms with Crippen molar-refractivity contribution in [3.63, 3.8) is 0 Å². The molecule has 3 rings (SSSR count). The lowest BCUT2D eigenvalue weighted by Gasteiger charge is -2.15. The van der Waals surface area contributed by atoms with E-state index in [9.17, 15) is 0 Å². The maximum Gasteiger partial charge on any atom is 0.157 e. The van der Waals surface area contributed by atoms with Crippen LogP contribution in [0.25, 0.3) is 21.9 Å². The highest BCUT2D eigenvalue weighted by molar-refractivity contribution is 6.35. The molecule has 5 heteroatoms. The fourth-order valence-electron chi connectivity index (χ4n) is 3.04. The number of imidazole rings is 1. The Bertz CT molecular complexity index is 826. The van der Waals surface area contributed by atoms with Gasteiger partial charge in [0.25, 0.3) is 0 Å². The van der Waals surface area contributed by atoms with Gasteiger partial charge in [-0.25, -0.2) is 9.97 Å². The summed E-state index contributed by atoms with van der Waals surface area (Å²) >= 11 is 12.2. The van der Waals surface area contributed by atoms with E-state index in [1.165, 1.54) is 10.9 Å². The Balaban J connectivity index is 2.27. The number of hydrogen-bond acceptors (Lipinski definition) is 2. The summed E-state index contributed by atoms with van der Waals surface area (Å²) in [6.07, 6.45) is 4.99. The van der Waals surface area contributed by atoms with E-state index in [2.05, 4.69) is 40.5 Å². The number of rotatable bonds is 6. The smallest absolute Gasteiger partial charge is 0.157 e. The highest BCUT2D eigenvalue weighted by Crippen LogP contribution is 2.34. The van der Waals surface area contributed by atoms with Crippen molar-refractivity contribution in [2.75, 3.05) is 5.88 Å². The molecule has 0 N–H and O–H groups in total. The van der Waals surface area contributed by atoms with Crippen molar-refractivity contribution >= 4 is 45.1 Å². The van der Waals surface area contributed by atoms with E-state index >= 15 is 0 Å². The highest BCUT2D eigenvalue weighted by Gasteiger charge is 2.17. The third kappa shape index (κ3) is 3.05. The van der Waals surface area contributed by atoms with Gasteiger partial charge < -0.3 is 4.57 Å². The molecule has 3 aromatic rings. The zero-order chi connectivity index (χ0) is 16.4. The van der Waals surface area contributed by atoms with Gasteiger partial charge in [-0.1, -0.05) is 37.6 Å². The Morgan fingerprint density at radius 2 is 2.09 bits per heavy atom. The number of alkyl halides is 1. The van der Waals surface area contributed by atoms with Crippen LogP contribution >= 0.6 is 23.2 Å². The van der Waals surface area contributed by atoms with Crippen LogP contribution in [-0.2, 0) is 6.54 Å². The van der Waals surface area contributed by atoms with E-state index in [1.54, 1.807) is 0 Å². The lowest BCUT2D eigenvalue weighted by Crippen LogP contribution is -2.01. The number of aromatic nitrogens is 3. The van der Waals surface area contributed by atoms with E-state index in [1.807, 2.05) is 12.4 Å². The maximum absolute atomic E-state index is 6.37. The molecule has 0 aliphatic carbocycles. The zero-order valence-electron chi connectivity index (χ0n) is 13.5. The van der Waals surface area contributed by atoms with Gasteiger partial charge in [0.15, 0.2) is 5.15 Å². The van der Waals surface area contributed by atoms with Crippen LogP contribution in [-0.4, -0.2) is 20.4 Å². The molecule has 0 spiro atoms. The number of fused-ring (bicyclic) bond motifs is 3. The monoisotopic (exact) mass is 349 g/mol. The summed E-state index contributed by atoms with van der Waals surface area (Å²) in [5, 5.41) is 1.66. The van der Waals surface area contributed by atoms with Gasteiger partial charge in [-0.3, -0.25) is 0 Å². The second-order valence-corrected chi connectivity index (χ2v) is 6.72. The third-order valence-corrected chi connectivity index (χ3v) is 5.02. The van der Waals surface area contributed by atoms with Crippen molar-refractivity contribution in [3.8, 4) is 0 Å². The van der Waals surface area contributed by atoms with Crippen molar-refractivity contribution < 1.29 is 0 Å². The molecule has 0 fully saturated rings. The van der Waals surface area contributed by atoms with Crippen LogP contribution in [0.4, 0.5) is 0 Å². The van der Waals surface area contributed by atoms with Crippen molar-refractivity contribution in [2.24, 2.45) is 0 Å². The number of halogens is 2. The molecule has 2 aromatic heterocycles. The van der Waals surface area contributed by atoms with Crippen LogP contribution in [0, 0.1) is 0 Å². The summed E-state index contributed by atoms with van der Waals surface area (Å²) in [6.45, 7) is 5.36. The minimum atomic E-state index is 0.469. The SMILES string of the molecule is CCC(C)c1cccc2nc(Cl)c3ncn(CCCCCl)c3c12. The topological polar surface area (TPSA) is 30.7 Å². The average Bonchev–Trinajstić information content (AvgIpc) is 2.98. The number of unbranched alkanes of at least 4 members (excludes halogenated alkanes) is 1. The molecular formula is C18H21Cl2N3. The molecule has 23 heavy (non-hydrogen) atoms. The Labute approximate surface area is 146 Å². The molecule has 0 aliphatic heterocycles. The Kier molecular flexibility index (Phi) is 5.08. The molecule has 0 aliphatic rings. The molecular weight excluding hydrogens is 329 g/mol. The molecule has 0 saturated carbocycles. The van der Waals surface area contributed by atoms with Crippen molar-refractivity contribution in [2.45, 2.75) is 45.6 Å². The Morgan fingerprint density at radius 3 is 2.83 bits per heavy atom. The summed E-state index contributed by atoms with van der Waals surface area (Å²) in [7, 11) is 0. The summed E-state index contributed by atoms with van der Waals surface area (Å²) < 4.78 is 2.20. The minimum Gasteiger partial charge on any atom is -0.330 e. The van der Waals surface area contributed by atoms with Gasteiger partial charge in [0.05, 0.1) is 17.4 Å². The summed E-state index contributed by atoms with van der Waals surface area (Å²) in [5.74, 6) is 1.16. The lowest BCUT2D eigenvalue weighted by atomic mass is 9.94. The van der Waals surface area contributed by atoms with Gasteiger partial charge >= 0.3 is 0 Å². The second kappa shape index (κ2) is 7.06. The van der Waals surface area contributed by atoms with E-state index in [0.717, 1.165) is 42.4 Å². The molecule has 1 unspecified atom stereocenters. The van der Waals surface area contributed by atoms with E-state index < -0.39 is 0 Å². The minimum absolute atomic E-state index is 0.469. The molecule has 2 heterocycles. The predicted molar refractivity (Wildman–Crippen MR) is 98.7 cm³/mol. The first-order chi connectivity index (χ1) is 11.2. The van der Waals surface area contributed by atoms with Gasteiger partial charge in [0, 0.05) is 17.8 Å². The first-order valence-electron chi connectivity index (χ1n) is 8.16. The van der Waals surface area contributed by atoms with E-state index in [0.29, 0.717) is 17.0 Å². The highest BCUT2D eigenvalue weighted by atomic mass is 35.5. The van der Waals surface area contributed by atoms with Gasteiger partial charge in [0.1, 0.15) is 5.52 Å². The fraction of sp³-hybridized carbons (Fsp3) is 0.444. The largest absolute Gasteiger partial charge is 0.330 e. The molecule has 0 bridgehead atoms. The third-order valence-electron chi connectivity index (χ3n) is 4.49. The van der Waals surface area contributed by atoms with Crippen LogP contribution < -0.4 is 0 Å². The zero-order valence-corrected chi connectivity index (χ0v) is 15.0. The predicted octanol–water partition coefficient (Wildman–Crippen LogP) is 5.77. The second-order valence-electron chi connectivity index (χ2n) is 5.98. The molecule has 122 valence electrons. The van der Waals surface area contributed by atoms with E-state index in [-0.39, 0.29) is 0 Å². The van der Waals surface area contributed by atoms with Crippen LogP contribution in [0.15, 0.2) is 24.5 Å².